The molecule has 0 aliphatic carbocycles. The van der Waals surface area contributed by atoms with Crippen LogP contribution < -0.4 is 5.32 Å². The first-order chi connectivity index (χ1) is 7.95. The highest BCUT2D eigenvalue weighted by atomic mass is 79.9. The Labute approximate surface area is 112 Å². The van der Waals surface area contributed by atoms with Crippen LogP contribution >= 0.6 is 27.3 Å². The van der Waals surface area contributed by atoms with Crippen LogP contribution in [0.25, 0.3) is 0 Å². The van der Waals surface area contributed by atoms with E-state index in [2.05, 4.69) is 21.2 Å². The molecular formula is C10H13BrN2O3S. The molecule has 0 bridgehead atoms. The van der Waals surface area contributed by atoms with Crippen molar-refractivity contribution in [3.63, 3.8) is 0 Å². The molecule has 0 radical (unpaired) electrons. The van der Waals surface area contributed by atoms with Crippen LogP contribution in [0.15, 0.2) is 15.9 Å². The van der Waals surface area contributed by atoms with Gasteiger partial charge in [-0.15, -0.1) is 11.3 Å². The van der Waals surface area contributed by atoms with E-state index in [0.717, 1.165) is 8.85 Å². The molecule has 0 aliphatic rings. The molecule has 7 heteroatoms. The van der Waals surface area contributed by atoms with E-state index in [1.54, 1.807) is 19.1 Å². The molecule has 94 valence electrons. The normalized spacial score (nSPS) is 12.0. The smallest absolute Gasteiger partial charge is 0.268 e. The molecule has 0 saturated carbocycles. The van der Waals surface area contributed by atoms with Crippen molar-refractivity contribution < 1.29 is 14.4 Å². The van der Waals surface area contributed by atoms with Crippen molar-refractivity contribution in [1.82, 2.24) is 10.4 Å². The maximum Gasteiger partial charge on any atom is 0.268 e. The highest BCUT2D eigenvalue weighted by molar-refractivity contribution is 9.11. The number of amides is 2. The monoisotopic (exact) mass is 320 g/mol. The fourth-order valence-corrected chi connectivity index (χ4v) is 2.42. The summed E-state index contributed by atoms with van der Waals surface area (Å²) in [4.78, 5) is 28.7. The number of likely N-dealkylation sites (N-methyl/N-ethyl adjacent to an activating group) is 1. The number of nitrogens with zero attached hydrogens (tertiary/aromatic N) is 1. The van der Waals surface area contributed by atoms with Crippen molar-refractivity contribution in [3.05, 3.63) is 20.8 Å². The standard InChI is InChI=1S/C10H13BrN2O3S/c1-6(10(15)13(2)16-3)12-9(14)7-4-5-8(11)17-7/h4-6H,1-3H3,(H,12,14). The Bertz CT molecular complexity index is 421. The van der Waals surface area contributed by atoms with Gasteiger partial charge >= 0.3 is 0 Å². The maximum absolute atomic E-state index is 11.8. The van der Waals surface area contributed by atoms with Gasteiger partial charge in [-0.05, 0) is 35.0 Å². The molecule has 0 aliphatic heterocycles. The van der Waals surface area contributed by atoms with Crippen LogP contribution in [0, 0.1) is 0 Å². The quantitative estimate of drug-likeness (QED) is 0.858. The number of thiophene rings is 1. The molecular weight excluding hydrogens is 308 g/mol. The number of carbonyl (C=O) groups is 2. The molecule has 1 aromatic rings. The molecule has 0 fully saturated rings. The first kappa shape index (κ1) is 14.1. The SMILES string of the molecule is CON(C)C(=O)C(C)NC(=O)c1ccc(Br)s1. The number of hydroxylamine groups is 2. The van der Waals surface area contributed by atoms with Crippen LogP contribution in [-0.2, 0) is 9.63 Å². The molecule has 1 heterocycles. The van der Waals surface area contributed by atoms with Crippen molar-refractivity contribution in [2.24, 2.45) is 0 Å². The summed E-state index contributed by atoms with van der Waals surface area (Å²) in [7, 11) is 2.88. The third-order valence-corrected chi connectivity index (χ3v) is 3.72. The van der Waals surface area contributed by atoms with Gasteiger partial charge in [0.05, 0.1) is 15.8 Å². The summed E-state index contributed by atoms with van der Waals surface area (Å²) in [6.07, 6.45) is 0. The van der Waals surface area contributed by atoms with E-state index in [0.29, 0.717) is 4.88 Å². The van der Waals surface area contributed by atoms with Crippen molar-refractivity contribution >= 4 is 39.1 Å². The van der Waals surface area contributed by atoms with E-state index < -0.39 is 6.04 Å². The topological polar surface area (TPSA) is 58.6 Å². The highest BCUT2D eigenvalue weighted by Crippen LogP contribution is 2.21. The zero-order valence-corrected chi connectivity index (χ0v) is 12.1. The average molecular weight is 321 g/mol. The van der Waals surface area contributed by atoms with E-state index in [-0.39, 0.29) is 11.8 Å². The molecule has 1 N–H and O–H groups in total. The fourth-order valence-electron chi connectivity index (χ4n) is 1.13. The summed E-state index contributed by atoms with van der Waals surface area (Å²) in [5.74, 6) is -0.581. The maximum atomic E-state index is 11.8. The van der Waals surface area contributed by atoms with Crippen molar-refractivity contribution in [3.8, 4) is 0 Å². The molecule has 1 atom stereocenters. The summed E-state index contributed by atoms with van der Waals surface area (Å²) in [5.41, 5.74) is 0. The average Bonchev–Trinajstić information content (AvgIpc) is 2.73. The third-order valence-electron chi connectivity index (χ3n) is 2.10. The number of rotatable bonds is 4. The van der Waals surface area contributed by atoms with Crippen LogP contribution in [0.2, 0.25) is 0 Å². The van der Waals surface area contributed by atoms with Crippen LogP contribution in [0.5, 0.6) is 0 Å². The number of nitrogens with one attached hydrogen (secondary N) is 1. The lowest BCUT2D eigenvalue weighted by atomic mass is 10.3. The van der Waals surface area contributed by atoms with E-state index >= 15 is 0 Å². The second-order valence-corrected chi connectivity index (χ2v) is 5.78. The van der Waals surface area contributed by atoms with Gasteiger partial charge in [-0.25, -0.2) is 5.06 Å². The minimum absolute atomic E-state index is 0.272. The second-order valence-electron chi connectivity index (χ2n) is 3.32. The summed E-state index contributed by atoms with van der Waals surface area (Å²) in [6.45, 7) is 1.61. The Hall–Kier alpha value is -0.920. The Morgan fingerprint density at radius 2 is 2.18 bits per heavy atom. The second kappa shape index (κ2) is 6.13. The number of halogens is 1. The first-order valence-electron chi connectivity index (χ1n) is 4.83. The van der Waals surface area contributed by atoms with Crippen LogP contribution in [0.3, 0.4) is 0 Å². The Morgan fingerprint density at radius 1 is 1.53 bits per heavy atom. The predicted molar refractivity (Wildman–Crippen MR) is 68.7 cm³/mol. The van der Waals surface area contributed by atoms with Crippen molar-refractivity contribution in [1.29, 1.82) is 0 Å². The molecule has 5 nitrogen and oxygen atoms in total. The molecule has 2 amide bonds. The van der Waals surface area contributed by atoms with Crippen LogP contribution in [0.4, 0.5) is 0 Å². The van der Waals surface area contributed by atoms with E-state index in [4.69, 9.17) is 4.84 Å². The summed E-state index contributed by atoms with van der Waals surface area (Å²) in [5, 5.41) is 3.68. The highest BCUT2D eigenvalue weighted by Gasteiger charge is 2.20. The van der Waals surface area contributed by atoms with Gasteiger partial charge in [0.1, 0.15) is 6.04 Å². The number of hydrogen-bond donors (Lipinski definition) is 1. The number of hydrogen-bond acceptors (Lipinski definition) is 4. The molecule has 1 rings (SSSR count). The largest absolute Gasteiger partial charge is 0.340 e. The minimum Gasteiger partial charge on any atom is -0.340 e. The zero-order valence-electron chi connectivity index (χ0n) is 9.69. The van der Waals surface area contributed by atoms with Crippen molar-refractivity contribution in [2.75, 3.05) is 14.2 Å². The van der Waals surface area contributed by atoms with E-state index in [9.17, 15) is 9.59 Å². The summed E-state index contributed by atoms with van der Waals surface area (Å²) >= 11 is 4.59. The lowest BCUT2D eigenvalue weighted by molar-refractivity contribution is -0.170. The van der Waals surface area contributed by atoms with Crippen LogP contribution in [-0.4, -0.2) is 37.1 Å². The molecule has 0 spiro atoms. The van der Waals surface area contributed by atoms with Crippen LogP contribution in [0.1, 0.15) is 16.6 Å². The molecule has 1 aromatic heterocycles. The van der Waals surface area contributed by atoms with Gasteiger partial charge in [0.2, 0.25) is 0 Å². The lowest BCUT2D eigenvalue weighted by Gasteiger charge is -2.19. The first-order valence-corrected chi connectivity index (χ1v) is 6.44. The van der Waals surface area contributed by atoms with Gasteiger partial charge in [-0.3, -0.25) is 14.4 Å². The fraction of sp³-hybridized carbons (Fsp3) is 0.400. The molecule has 17 heavy (non-hydrogen) atoms. The Balaban J connectivity index is 2.60. The Kier molecular flexibility index (Phi) is 5.10. The molecule has 0 aromatic carbocycles. The van der Waals surface area contributed by atoms with Gasteiger partial charge in [0, 0.05) is 7.05 Å². The van der Waals surface area contributed by atoms with E-state index in [1.807, 2.05) is 0 Å². The van der Waals surface area contributed by atoms with Crippen molar-refractivity contribution in [2.45, 2.75) is 13.0 Å². The lowest BCUT2D eigenvalue weighted by Crippen LogP contribution is -2.45. The van der Waals surface area contributed by atoms with Gasteiger partial charge in [0.15, 0.2) is 0 Å². The predicted octanol–water partition coefficient (Wildman–Crippen LogP) is 1.65. The Morgan fingerprint density at radius 3 is 2.65 bits per heavy atom. The number of carbonyl (C=O) groups excluding carboxylic acids is 2. The summed E-state index contributed by atoms with van der Waals surface area (Å²) < 4.78 is 0.871. The molecule has 0 saturated heterocycles. The van der Waals surface area contributed by atoms with Gasteiger partial charge < -0.3 is 5.32 Å². The third kappa shape index (κ3) is 3.79. The van der Waals surface area contributed by atoms with E-state index in [1.165, 1.54) is 25.5 Å². The summed E-state index contributed by atoms with van der Waals surface area (Å²) in [6, 6.07) is 2.85. The molecule has 1 unspecified atom stereocenters. The minimum atomic E-state index is -0.631. The zero-order chi connectivity index (χ0) is 13.0. The van der Waals surface area contributed by atoms with Gasteiger partial charge in [-0.1, -0.05) is 0 Å². The van der Waals surface area contributed by atoms with Gasteiger partial charge in [-0.2, -0.15) is 0 Å². The van der Waals surface area contributed by atoms with Gasteiger partial charge in [0.25, 0.3) is 11.8 Å².